The molecule has 1 heterocycles. The average Bonchev–Trinajstić information content (AvgIpc) is 2.99. The van der Waals surface area contributed by atoms with Crippen LogP contribution in [0.1, 0.15) is 22.8 Å². The highest BCUT2D eigenvalue weighted by Crippen LogP contribution is 2.22. The van der Waals surface area contributed by atoms with Crippen LogP contribution in [0.2, 0.25) is 0 Å². The van der Waals surface area contributed by atoms with Crippen molar-refractivity contribution in [3.63, 3.8) is 0 Å². The highest BCUT2D eigenvalue weighted by atomic mass is 16.5. The minimum atomic E-state index is -0.256. The van der Waals surface area contributed by atoms with Gasteiger partial charge >= 0.3 is 0 Å². The lowest BCUT2D eigenvalue weighted by atomic mass is 9.93. The number of carbonyl (C=O) groups excluding carboxylic acids is 1. The van der Waals surface area contributed by atoms with Crippen molar-refractivity contribution in [2.75, 3.05) is 20.3 Å². The lowest BCUT2D eigenvalue weighted by Gasteiger charge is -2.16. The van der Waals surface area contributed by atoms with Gasteiger partial charge < -0.3 is 14.5 Å². The smallest absolute Gasteiger partial charge is 0.228 e. The molecule has 0 aliphatic carbocycles. The summed E-state index contributed by atoms with van der Waals surface area (Å²) in [6.07, 6.45) is 2.18. The number of hydrogen-bond acceptors (Lipinski definition) is 3. The third-order valence-electron chi connectivity index (χ3n) is 3.39. The van der Waals surface area contributed by atoms with E-state index in [1.807, 2.05) is 43.3 Å². The van der Waals surface area contributed by atoms with E-state index in [-0.39, 0.29) is 11.8 Å². The van der Waals surface area contributed by atoms with Crippen LogP contribution in [0.4, 0.5) is 0 Å². The highest BCUT2D eigenvalue weighted by Gasteiger charge is 2.21. The summed E-state index contributed by atoms with van der Waals surface area (Å²) in [6, 6.07) is 11.8. The van der Waals surface area contributed by atoms with Crippen molar-refractivity contribution in [2.24, 2.45) is 0 Å². The Morgan fingerprint density at radius 1 is 1.29 bits per heavy atom. The number of carbonyl (C=O) groups is 1. The maximum absolute atomic E-state index is 12.4. The first kappa shape index (κ1) is 15.3. The molecular weight excluding hydrogens is 266 g/mol. The summed E-state index contributed by atoms with van der Waals surface area (Å²) in [7, 11) is 1.62. The molecule has 0 saturated heterocycles. The summed E-state index contributed by atoms with van der Waals surface area (Å²) in [5, 5.41) is 2.90. The van der Waals surface area contributed by atoms with Crippen molar-refractivity contribution < 1.29 is 13.9 Å². The monoisotopic (exact) mass is 287 g/mol. The van der Waals surface area contributed by atoms with E-state index in [0.717, 1.165) is 11.3 Å². The number of aryl methyl sites for hydroxylation is 1. The van der Waals surface area contributed by atoms with Gasteiger partial charge in [-0.3, -0.25) is 4.79 Å². The Bertz CT molecular complexity index is 546. The number of amides is 1. The molecule has 21 heavy (non-hydrogen) atoms. The molecule has 0 fully saturated rings. The maximum atomic E-state index is 12.4. The van der Waals surface area contributed by atoms with E-state index in [2.05, 4.69) is 5.32 Å². The number of benzene rings is 1. The zero-order valence-corrected chi connectivity index (χ0v) is 12.5. The zero-order valence-electron chi connectivity index (χ0n) is 12.5. The number of methoxy groups -OCH3 is 1. The second-order valence-electron chi connectivity index (χ2n) is 5.03. The van der Waals surface area contributed by atoms with Crippen LogP contribution in [0.15, 0.2) is 47.1 Å². The minimum Gasteiger partial charge on any atom is -0.469 e. The van der Waals surface area contributed by atoms with Gasteiger partial charge in [0.2, 0.25) is 5.91 Å². The molecule has 0 radical (unpaired) electrons. The number of nitrogens with one attached hydrogen (secondary N) is 1. The molecule has 4 nitrogen and oxygen atoms in total. The topological polar surface area (TPSA) is 51.5 Å². The molecule has 1 unspecified atom stereocenters. The van der Waals surface area contributed by atoms with Crippen LogP contribution in [-0.4, -0.2) is 26.2 Å². The Labute approximate surface area is 125 Å². The predicted octanol–water partition coefficient (Wildman–Crippen LogP) is 2.68. The van der Waals surface area contributed by atoms with Gasteiger partial charge in [-0.25, -0.2) is 0 Å². The Hall–Kier alpha value is -2.07. The molecule has 1 N–H and O–H groups in total. The van der Waals surface area contributed by atoms with Crippen LogP contribution in [0.5, 0.6) is 0 Å². The van der Waals surface area contributed by atoms with E-state index in [9.17, 15) is 4.79 Å². The number of ether oxygens (including phenoxy) is 1. The van der Waals surface area contributed by atoms with Gasteiger partial charge in [-0.15, -0.1) is 0 Å². The molecule has 1 aromatic carbocycles. The van der Waals surface area contributed by atoms with Crippen molar-refractivity contribution in [3.05, 3.63) is 59.5 Å². The SMILES string of the molecule is COCCNC(=O)C(Cc1ccco1)c1ccc(C)cc1. The molecule has 2 aromatic rings. The van der Waals surface area contributed by atoms with Crippen molar-refractivity contribution in [2.45, 2.75) is 19.3 Å². The van der Waals surface area contributed by atoms with E-state index in [1.54, 1.807) is 13.4 Å². The molecule has 0 bridgehead atoms. The van der Waals surface area contributed by atoms with Gasteiger partial charge in [0.15, 0.2) is 0 Å². The molecule has 0 aliphatic heterocycles. The zero-order chi connectivity index (χ0) is 15.1. The van der Waals surface area contributed by atoms with E-state index < -0.39 is 0 Å². The Morgan fingerprint density at radius 2 is 2.05 bits per heavy atom. The molecule has 1 amide bonds. The Balaban J connectivity index is 2.13. The number of furan rings is 1. The predicted molar refractivity (Wildman–Crippen MR) is 81.2 cm³/mol. The first-order valence-corrected chi connectivity index (χ1v) is 7.06. The summed E-state index contributed by atoms with van der Waals surface area (Å²) < 4.78 is 10.3. The number of rotatable bonds is 7. The fourth-order valence-corrected chi connectivity index (χ4v) is 2.19. The molecule has 0 aliphatic rings. The van der Waals surface area contributed by atoms with Crippen molar-refractivity contribution in [1.82, 2.24) is 5.32 Å². The van der Waals surface area contributed by atoms with Crippen LogP contribution in [-0.2, 0) is 16.0 Å². The summed E-state index contributed by atoms with van der Waals surface area (Å²) in [6.45, 7) is 3.05. The normalized spacial score (nSPS) is 12.1. The summed E-state index contributed by atoms with van der Waals surface area (Å²) in [5.41, 5.74) is 2.17. The van der Waals surface area contributed by atoms with Gasteiger partial charge in [-0.1, -0.05) is 29.8 Å². The van der Waals surface area contributed by atoms with Gasteiger partial charge in [0.1, 0.15) is 5.76 Å². The fourth-order valence-electron chi connectivity index (χ4n) is 2.19. The van der Waals surface area contributed by atoms with Crippen LogP contribution >= 0.6 is 0 Å². The van der Waals surface area contributed by atoms with Gasteiger partial charge in [-0.2, -0.15) is 0 Å². The van der Waals surface area contributed by atoms with E-state index in [4.69, 9.17) is 9.15 Å². The largest absolute Gasteiger partial charge is 0.469 e. The molecule has 4 heteroatoms. The minimum absolute atomic E-state index is 0.00713. The lowest BCUT2D eigenvalue weighted by molar-refractivity contribution is -0.122. The molecule has 2 rings (SSSR count). The maximum Gasteiger partial charge on any atom is 0.228 e. The molecule has 112 valence electrons. The van der Waals surface area contributed by atoms with Crippen LogP contribution in [0.25, 0.3) is 0 Å². The standard InChI is InChI=1S/C17H21NO3/c1-13-5-7-14(8-6-13)16(12-15-4-3-10-21-15)17(19)18-9-11-20-2/h3-8,10,16H,9,11-12H2,1-2H3,(H,18,19). The summed E-state index contributed by atoms with van der Waals surface area (Å²) in [5.74, 6) is 0.545. The molecule has 1 atom stereocenters. The van der Waals surface area contributed by atoms with Crippen LogP contribution in [0.3, 0.4) is 0 Å². The van der Waals surface area contributed by atoms with Crippen molar-refractivity contribution >= 4 is 5.91 Å². The molecular formula is C17H21NO3. The van der Waals surface area contributed by atoms with E-state index in [0.29, 0.717) is 19.6 Å². The third-order valence-corrected chi connectivity index (χ3v) is 3.39. The van der Waals surface area contributed by atoms with E-state index in [1.165, 1.54) is 5.56 Å². The number of hydrogen-bond donors (Lipinski definition) is 1. The van der Waals surface area contributed by atoms with Gasteiger partial charge in [-0.05, 0) is 24.6 Å². The highest BCUT2D eigenvalue weighted by molar-refractivity contribution is 5.83. The lowest BCUT2D eigenvalue weighted by Crippen LogP contribution is -2.32. The van der Waals surface area contributed by atoms with Crippen LogP contribution in [0, 0.1) is 6.92 Å². The first-order chi connectivity index (χ1) is 10.2. The third kappa shape index (κ3) is 4.46. The van der Waals surface area contributed by atoms with Crippen LogP contribution < -0.4 is 5.32 Å². The molecule has 0 spiro atoms. The van der Waals surface area contributed by atoms with Crippen molar-refractivity contribution in [3.8, 4) is 0 Å². The summed E-state index contributed by atoms with van der Waals surface area (Å²) in [4.78, 5) is 12.4. The second-order valence-corrected chi connectivity index (χ2v) is 5.03. The average molecular weight is 287 g/mol. The van der Waals surface area contributed by atoms with Gasteiger partial charge in [0, 0.05) is 20.1 Å². The van der Waals surface area contributed by atoms with Gasteiger partial charge in [0.25, 0.3) is 0 Å². The molecule has 0 saturated carbocycles. The van der Waals surface area contributed by atoms with Gasteiger partial charge in [0.05, 0.1) is 18.8 Å². The Morgan fingerprint density at radius 3 is 2.67 bits per heavy atom. The quantitative estimate of drug-likeness (QED) is 0.797. The Kier molecular flexibility index (Phi) is 5.58. The second kappa shape index (κ2) is 7.64. The summed E-state index contributed by atoms with van der Waals surface area (Å²) >= 11 is 0. The first-order valence-electron chi connectivity index (χ1n) is 7.06. The fraction of sp³-hybridized carbons (Fsp3) is 0.353. The van der Waals surface area contributed by atoms with Crippen molar-refractivity contribution in [1.29, 1.82) is 0 Å². The van der Waals surface area contributed by atoms with E-state index >= 15 is 0 Å². The molecule has 1 aromatic heterocycles.